The molecule has 84 valence electrons. The molecule has 15 heavy (non-hydrogen) atoms. The number of rotatable bonds is 1. The molecule has 0 amide bonds. The summed E-state index contributed by atoms with van der Waals surface area (Å²) in [6, 6.07) is 5.63. The topological polar surface area (TPSA) is 0 Å². The van der Waals surface area contributed by atoms with Crippen molar-refractivity contribution in [2.45, 2.75) is 38.8 Å². The number of alkyl halides is 3. The minimum absolute atomic E-state index is 0.377. The van der Waals surface area contributed by atoms with Crippen molar-refractivity contribution in [1.82, 2.24) is 0 Å². The zero-order chi connectivity index (χ0) is 11.5. The van der Waals surface area contributed by atoms with E-state index in [2.05, 4.69) is 0 Å². The molecule has 2 rings (SSSR count). The maximum atomic E-state index is 12.3. The first-order valence-electron chi connectivity index (χ1n) is 5.24. The van der Waals surface area contributed by atoms with Gasteiger partial charge in [-0.3, -0.25) is 0 Å². The Labute approximate surface area is 88.1 Å². The maximum absolute atomic E-state index is 12.3. The quantitative estimate of drug-likeness (QED) is 0.643. The molecule has 1 fully saturated rings. The highest BCUT2D eigenvalue weighted by atomic mass is 19.4. The third kappa shape index (κ3) is 3.26. The van der Waals surface area contributed by atoms with Crippen LogP contribution in [-0.2, 0) is 6.18 Å². The van der Waals surface area contributed by atoms with Gasteiger partial charge in [-0.05, 0) is 30.4 Å². The normalized spacial score (nSPS) is 15.5. The average Bonchev–Trinajstić information content (AvgIpc) is 3.03. The monoisotopic (exact) mass is 216 g/mol. The number of halogens is 3. The molecule has 1 aromatic carbocycles. The van der Waals surface area contributed by atoms with Crippen molar-refractivity contribution in [3.63, 3.8) is 0 Å². The first kappa shape index (κ1) is 12.1. The highest BCUT2D eigenvalue weighted by Crippen LogP contribution is 2.41. The van der Waals surface area contributed by atoms with Crippen LogP contribution in [0.4, 0.5) is 13.2 Å². The Morgan fingerprint density at radius 2 is 1.73 bits per heavy atom. The van der Waals surface area contributed by atoms with Gasteiger partial charge < -0.3 is 0 Å². The molecular formula is C12H15F3. The van der Waals surface area contributed by atoms with Gasteiger partial charge in [-0.2, -0.15) is 13.2 Å². The van der Waals surface area contributed by atoms with Gasteiger partial charge in [0.25, 0.3) is 0 Å². The summed E-state index contributed by atoms with van der Waals surface area (Å²) in [6.45, 7) is 4.00. The third-order valence-electron chi connectivity index (χ3n) is 2.26. The number of benzene rings is 1. The van der Waals surface area contributed by atoms with Gasteiger partial charge in [-0.1, -0.05) is 32.0 Å². The van der Waals surface area contributed by atoms with Crippen LogP contribution in [0.5, 0.6) is 0 Å². The minimum Gasteiger partial charge on any atom is -0.166 e. The van der Waals surface area contributed by atoms with E-state index in [1.54, 1.807) is 6.07 Å². The van der Waals surface area contributed by atoms with Gasteiger partial charge in [0.05, 0.1) is 5.56 Å². The van der Waals surface area contributed by atoms with Crippen molar-refractivity contribution in [1.29, 1.82) is 0 Å². The molecule has 1 saturated carbocycles. The van der Waals surface area contributed by atoms with Crippen LogP contribution in [-0.4, -0.2) is 0 Å². The van der Waals surface area contributed by atoms with Crippen molar-refractivity contribution in [3.05, 3.63) is 35.4 Å². The molecule has 1 aliphatic rings. The summed E-state index contributed by atoms with van der Waals surface area (Å²) in [7, 11) is 0. The van der Waals surface area contributed by atoms with E-state index in [0.717, 1.165) is 24.5 Å². The highest BCUT2D eigenvalue weighted by molar-refractivity contribution is 5.30. The molecule has 0 spiro atoms. The molecule has 0 aromatic heterocycles. The Morgan fingerprint density at radius 1 is 1.13 bits per heavy atom. The molecule has 1 aliphatic carbocycles. The fourth-order valence-corrected chi connectivity index (χ4v) is 1.39. The molecule has 0 aliphatic heterocycles. The van der Waals surface area contributed by atoms with Gasteiger partial charge in [0.15, 0.2) is 0 Å². The van der Waals surface area contributed by atoms with Crippen molar-refractivity contribution in [2.75, 3.05) is 0 Å². The van der Waals surface area contributed by atoms with Gasteiger partial charge in [0.2, 0.25) is 0 Å². The van der Waals surface area contributed by atoms with E-state index in [4.69, 9.17) is 0 Å². The van der Waals surface area contributed by atoms with Crippen LogP contribution in [0.1, 0.15) is 43.7 Å². The van der Waals surface area contributed by atoms with Crippen LogP contribution >= 0.6 is 0 Å². The second-order valence-corrected chi connectivity index (χ2v) is 3.40. The van der Waals surface area contributed by atoms with Gasteiger partial charge in [-0.25, -0.2) is 0 Å². The van der Waals surface area contributed by atoms with Crippen LogP contribution in [0, 0.1) is 0 Å². The lowest BCUT2D eigenvalue weighted by Gasteiger charge is -2.07. The van der Waals surface area contributed by atoms with Crippen molar-refractivity contribution in [3.8, 4) is 0 Å². The summed E-state index contributed by atoms with van der Waals surface area (Å²) in [5.41, 5.74) is 0.298. The first-order chi connectivity index (χ1) is 7.07. The molecule has 0 saturated heterocycles. The van der Waals surface area contributed by atoms with Crippen molar-refractivity contribution >= 4 is 0 Å². The molecular weight excluding hydrogens is 201 g/mol. The number of hydrogen-bond donors (Lipinski definition) is 0. The maximum Gasteiger partial charge on any atom is 0.416 e. The lowest BCUT2D eigenvalue weighted by Crippen LogP contribution is -2.04. The fourth-order valence-electron chi connectivity index (χ4n) is 1.39. The Bertz CT molecular complexity index is 311. The van der Waals surface area contributed by atoms with Crippen LogP contribution in [0.2, 0.25) is 0 Å². The predicted octanol–water partition coefficient (Wildman–Crippen LogP) is 4.61. The zero-order valence-electron chi connectivity index (χ0n) is 8.93. The Kier molecular flexibility index (Phi) is 3.77. The fraction of sp³-hybridized carbons (Fsp3) is 0.500. The Balaban J connectivity index is 0.000000531. The molecule has 0 bridgehead atoms. The Morgan fingerprint density at radius 3 is 2.20 bits per heavy atom. The minimum atomic E-state index is -4.20. The molecule has 0 radical (unpaired) electrons. The van der Waals surface area contributed by atoms with Crippen LogP contribution in [0.15, 0.2) is 24.3 Å². The van der Waals surface area contributed by atoms with E-state index >= 15 is 0 Å². The Hall–Kier alpha value is -0.990. The van der Waals surface area contributed by atoms with Gasteiger partial charge in [0, 0.05) is 0 Å². The van der Waals surface area contributed by atoms with E-state index in [1.807, 2.05) is 13.8 Å². The molecule has 0 unspecified atom stereocenters. The summed E-state index contributed by atoms with van der Waals surface area (Å²) in [5.74, 6) is 0.377. The van der Waals surface area contributed by atoms with Crippen molar-refractivity contribution < 1.29 is 13.2 Å². The van der Waals surface area contributed by atoms with Gasteiger partial charge in [0.1, 0.15) is 0 Å². The van der Waals surface area contributed by atoms with Gasteiger partial charge >= 0.3 is 6.18 Å². The lowest BCUT2D eigenvalue weighted by molar-refractivity contribution is -0.137. The van der Waals surface area contributed by atoms with E-state index in [0.29, 0.717) is 5.92 Å². The molecule has 0 heterocycles. The summed E-state index contributed by atoms with van der Waals surface area (Å²) in [4.78, 5) is 0. The van der Waals surface area contributed by atoms with Crippen LogP contribution in [0.25, 0.3) is 0 Å². The summed E-state index contributed by atoms with van der Waals surface area (Å²) in [6.07, 6.45) is -2.15. The van der Waals surface area contributed by atoms with Crippen LogP contribution in [0.3, 0.4) is 0 Å². The predicted molar refractivity (Wildman–Crippen MR) is 54.8 cm³/mol. The summed E-state index contributed by atoms with van der Waals surface area (Å²) in [5, 5.41) is 0. The second-order valence-electron chi connectivity index (χ2n) is 3.40. The smallest absolute Gasteiger partial charge is 0.166 e. The molecule has 0 nitrogen and oxygen atoms in total. The molecule has 0 N–H and O–H groups in total. The van der Waals surface area contributed by atoms with E-state index in [1.165, 1.54) is 12.1 Å². The average molecular weight is 216 g/mol. The van der Waals surface area contributed by atoms with E-state index in [9.17, 15) is 13.2 Å². The lowest BCUT2D eigenvalue weighted by atomic mass is 10.1. The van der Waals surface area contributed by atoms with Crippen molar-refractivity contribution in [2.24, 2.45) is 0 Å². The standard InChI is InChI=1S/C10H9F3.C2H6/c11-10(12,13)9-3-1-2-8(6-9)7-4-5-7;1-2/h1-3,6-7H,4-5H2;1-2H3. The summed E-state index contributed by atoms with van der Waals surface area (Å²) < 4.78 is 36.8. The largest absolute Gasteiger partial charge is 0.416 e. The molecule has 1 aromatic rings. The second kappa shape index (κ2) is 4.69. The van der Waals surface area contributed by atoms with Gasteiger partial charge in [-0.15, -0.1) is 0 Å². The third-order valence-corrected chi connectivity index (χ3v) is 2.26. The van der Waals surface area contributed by atoms with Crippen LogP contribution < -0.4 is 0 Å². The van der Waals surface area contributed by atoms with E-state index in [-0.39, 0.29) is 0 Å². The summed E-state index contributed by atoms with van der Waals surface area (Å²) >= 11 is 0. The molecule has 3 heteroatoms. The highest BCUT2D eigenvalue weighted by Gasteiger charge is 2.32. The zero-order valence-corrected chi connectivity index (χ0v) is 8.93. The first-order valence-corrected chi connectivity index (χ1v) is 5.24. The number of hydrogen-bond acceptors (Lipinski definition) is 0. The SMILES string of the molecule is CC.FC(F)(F)c1cccc(C2CC2)c1. The molecule has 0 atom stereocenters. The van der Waals surface area contributed by atoms with E-state index < -0.39 is 11.7 Å².